The van der Waals surface area contributed by atoms with Crippen molar-refractivity contribution in [2.45, 2.75) is 27.7 Å². The molecule has 0 amide bonds. The molecule has 2 heteroatoms. The van der Waals surface area contributed by atoms with Crippen molar-refractivity contribution in [2.75, 3.05) is 0 Å². The van der Waals surface area contributed by atoms with Gasteiger partial charge in [0.1, 0.15) is 5.75 Å². The third-order valence-electron chi connectivity index (χ3n) is 3.73. The van der Waals surface area contributed by atoms with Gasteiger partial charge in [-0.25, -0.2) is 0 Å². The number of hydrogen-bond donors (Lipinski definition) is 1. The van der Waals surface area contributed by atoms with E-state index >= 15 is 0 Å². The number of phenolic OH excluding ortho intramolecular Hbond substituents is 1. The Morgan fingerprint density at radius 2 is 1.52 bits per heavy atom. The molecule has 0 aliphatic carbocycles. The molecular formula is C19H20O2. The predicted octanol–water partition coefficient (Wildman–Crippen LogP) is 4.52. The monoisotopic (exact) mass is 280 g/mol. The van der Waals surface area contributed by atoms with Crippen LogP contribution in [0.5, 0.6) is 5.75 Å². The molecule has 1 N–H and O–H groups in total. The maximum absolute atomic E-state index is 12.2. The van der Waals surface area contributed by atoms with Crippen molar-refractivity contribution in [2.24, 2.45) is 0 Å². The molecule has 0 radical (unpaired) electrons. The molecule has 0 aromatic heterocycles. The van der Waals surface area contributed by atoms with Gasteiger partial charge in [0.25, 0.3) is 0 Å². The number of aromatic hydroxyl groups is 1. The van der Waals surface area contributed by atoms with Crippen LogP contribution in [0.2, 0.25) is 0 Å². The Morgan fingerprint density at radius 1 is 0.905 bits per heavy atom. The summed E-state index contributed by atoms with van der Waals surface area (Å²) in [5.41, 5.74) is 5.54. The molecule has 0 heterocycles. The van der Waals surface area contributed by atoms with Gasteiger partial charge < -0.3 is 5.11 Å². The van der Waals surface area contributed by atoms with Gasteiger partial charge >= 0.3 is 0 Å². The Morgan fingerprint density at radius 3 is 2.10 bits per heavy atom. The van der Waals surface area contributed by atoms with Crippen LogP contribution in [-0.4, -0.2) is 10.9 Å². The average Bonchev–Trinajstić information content (AvgIpc) is 2.44. The molecule has 2 rings (SSSR count). The second-order valence-electron chi connectivity index (χ2n) is 5.50. The van der Waals surface area contributed by atoms with E-state index in [0.717, 1.165) is 22.3 Å². The lowest BCUT2D eigenvalue weighted by Crippen LogP contribution is -1.95. The van der Waals surface area contributed by atoms with E-state index in [1.54, 1.807) is 12.2 Å². The molecule has 0 saturated carbocycles. The van der Waals surface area contributed by atoms with E-state index in [4.69, 9.17) is 0 Å². The number of benzene rings is 2. The van der Waals surface area contributed by atoms with Gasteiger partial charge in [-0.2, -0.15) is 0 Å². The summed E-state index contributed by atoms with van der Waals surface area (Å²) < 4.78 is 0. The molecule has 108 valence electrons. The number of rotatable bonds is 3. The Bertz CT molecular complexity index is 701. The Hall–Kier alpha value is -2.35. The minimum absolute atomic E-state index is 0.0125. The van der Waals surface area contributed by atoms with Gasteiger partial charge in [-0.15, -0.1) is 0 Å². The first-order chi connectivity index (χ1) is 9.88. The van der Waals surface area contributed by atoms with Crippen molar-refractivity contribution in [1.82, 2.24) is 0 Å². The maximum atomic E-state index is 12.2. The maximum Gasteiger partial charge on any atom is 0.185 e. The summed E-state index contributed by atoms with van der Waals surface area (Å²) in [6, 6.07) is 9.46. The molecule has 21 heavy (non-hydrogen) atoms. The zero-order chi connectivity index (χ0) is 15.6. The summed E-state index contributed by atoms with van der Waals surface area (Å²) in [5.74, 6) is 0.300. The number of carbonyl (C=O) groups excluding carboxylic acids is 1. The minimum Gasteiger partial charge on any atom is -0.507 e. The van der Waals surface area contributed by atoms with Crippen molar-refractivity contribution < 1.29 is 9.90 Å². The van der Waals surface area contributed by atoms with Crippen LogP contribution >= 0.6 is 0 Å². The van der Waals surface area contributed by atoms with E-state index in [9.17, 15) is 9.90 Å². The summed E-state index contributed by atoms with van der Waals surface area (Å²) in [4.78, 5) is 12.2. The fraction of sp³-hybridized carbons (Fsp3) is 0.211. The van der Waals surface area contributed by atoms with Crippen LogP contribution in [-0.2, 0) is 0 Å². The van der Waals surface area contributed by atoms with Crippen molar-refractivity contribution in [3.63, 3.8) is 0 Å². The van der Waals surface area contributed by atoms with E-state index in [0.29, 0.717) is 11.3 Å². The smallest absolute Gasteiger partial charge is 0.185 e. The molecule has 0 spiro atoms. The van der Waals surface area contributed by atoms with Crippen molar-refractivity contribution in [3.05, 3.63) is 69.8 Å². The molecule has 0 bridgehead atoms. The van der Waals surface area contributed by atoms with Gasteiger partial charge in [0.05, 0.1) is 0 Å². The Kier molecular flexibility index (Phi) is 4.27. The topological polar surface area (TPSA) is 37.3 Å². The zero-order valence-corrected chi connectivity index (χ0v) is 12.9. The minimum atomic E-state index is -0.0125. The quantitative estimate of drug-likeness (QED) is 0.663. The van der Waals surface area contributed by atoms with Gasteiger partial charge in [0.15, 0.2) is 5.78 Å². The van der Waals surface area contributed by atoms with E-state index in [1.807, 2.05) is 58.0 Å². The van der Waals surface area contributed by atoms with E-state index in [2.05, 4.69) is 0 Å². The molecular weight excluding hydrogens is 260 g/mol. The van der Waals surface area contributed by atoms with Crippen LogP contribution in [0.4, 0.5) is 0 Å². The number of aryl methyl sites for hydroxylation is 4. The lowest BCUT2D eigenvalue weighted by Gasteiger charge is -2.05. The number of phenols is 1. The highest BCUT2D eigenvalue weighted by atomic mass is 16.3. The van der Waals surface area contributed by atoms with E-state index in [-0.39, 0.29) is 5.78 Å². The molecule has 2 aromatic rings. The van der Waals surface area contributed by atoms with Crippen LogP contribution in [0.1, 0.15) is 38.2 Å². The van der Waals surface area contributed by atoms with Crippen molar-refractivity contribution in [3.8, 4) is 5.75 Å². The summed E-state index contributed by atoms with van der Waals surface area (Å²) in [6.45, 7) is 7.74. The van der Waals surface area contributed by atoms with Gasteiger partial charge in [-0.3, -0.25) is 4.79 Å². The first kappa shape index (κ1) is 15.0. The lowest BCUT2D eigenvalue weighted by atomic mass is 10.0. The highest BCUT2D eigenvalue weighted by molar-refractivity contribution is 6.07. The molecule has 0 aliphatic rings. The predicted molar refractivity (Wildman–Crippen MR) is 86.9 cm³/mol. The van der Waals surface area contributed by atoms with Gasteiger partial charge in [-0.05, 0) is 79.8 Å². The normalized spacial score (nSPS) is 11.0. The van der Waals surface area contributed by atoms with Gasteiger partial charge in [0.2, 0.25) is 0 Å². The molecule has 0 saturated heterocycles. The van der Waals surface area contributed by atoms with Crippen LogP contribution in [0, 0.1) is 27.7 Å². The van der Waals surface area contributed by atoms with Gasteiger partial charge in [0, 0.05) is 5.56 Å². The number of ketones is 1. The second kappa shape index (κ2) is 5.96. The summed E-state index contributed by atoms with van der Waals surface area (Å²) >= 11 is 0. The van der Waals surface area contributed by atoms with E-state index in [1.165, 1.54) is 5.56 Å². The molecule has 2 nitrogen and oxygen atoms in total. The highest BCUT2D eigenvalue weighted by Gasteiger charge is 2.05. The van der Waals surface area contributed by atoms with Crippen LogP contribution in [0.25, 0.3) is 6.08 Å². The van der Waals surface area contributed by atoms with Gasteiger partial charge in [-0.1, -0.05) is 18.2 Å². The molecule has 0 aliphatic heterocycles. The fourth-order valence-corrected chi connectivity index (χ4v) is 2.25. The molecule has 0 unspecified atom stereocenters. The molecule has 0 atom stereocenters. The highest BCUT2D eigenvalue weighted by Crippen LogP contribution is 2.23. The third-order valence-corrected chi connectivity index (χ3v) is 3.73. The van der Waals surface area contributed by atoms with Crippen molar-refractivity contribution in [1.29, 1.82) is 0 Å². The second-order valence-corrected chi connectivity index (χ2v) is 5.50. The number of carbonyl (C=O) groups is 1. The van der Waals surface area contributed by atoms with E-state index < -0.39 is 0 Å². The first-order valence-electron chi connectivity index (χ1n) is 6.98. The average molecular weight is 280 g/mol. The first-order valence-corrected chi connectivity index (χ1v) is 6.98. The lowest BCUT2D eigenvalue weighted by molar-refractivity contribution is 0.104. The standard InChI is InChI=1S/C19H20O2/c1-12-5-7-17(11-13(12)2)18(20)8-6-16-9-14(3)19(21)15(4)10-16/h5-11,21H,1-4H3/b8-6+. The van der Waals surface area contributed by atoms with Crippen molar-refractivity contribution >= 4 is 11.9 Å². The number of hydrogen-bond acceptors (Lipinski definition) is 2. The van der Waals surface area contributed by atoms with Crippen LogP contribution < -0.4 is 0 Å². The third kappa shape index (κ3) is 3.40. The molecule has 2 aromatic carbocycles. The number of allylic oxidation sites excluding steroid dienone is 1. The Labute approximate surface area is 125 Å². The van der Waals surface area contributed by atoms with Crippen LogP contribution in [0.3, 0.4) is 0 Å². The SMILES string of the molecule is Cc1ccc(C(=O)/C=C/c2cc(C)c(O)c(C)c2)cc1C. The van der Waals surface area contributed by atoms with Crippen LogP contribution in [0.15, 0.2) is 36.4 Å². The fourth-order valence-electron chi connectivity index (χ4n) is 2.25. The largest absolute Gasteiger partial charge is 0.507 e. The summed E-state index contributed by atoms with van der Waals surface area (Å²) in [7, 11) is 0. The molecule has 0 fully saturated rings. The summed E-state index contributed by atoms with van der Waals surface area (Å²) in [6.07, 6.45) is 3.37. The summed E-state index contributed by atoms with van der Waals surface area (Å²) in [5, 5.41) is 9.75. The zero-order valence-electron chi connectivity index (χ0n) is 12.9. The Balaban J connectivity index is 2.24.